The number of carbonyl (C=O) groups excluding carboxylic acids is 1. The van der Waals surface area contributed by atoms with Gasteiger partial charge in [0.1, 0.15) is 0 Å². The second-order valence-corrected chi connectivity index (χ2v) is 7.70. The molecular weight excluding hydrogens is 370 g/mol. The van der Waals surface area contributed by atoms with Crippen LogP contribution in [0.2, 0.25) is 5.02 Å². The van der Waals surface area contributed by atoms with E-state index in [9.17, 15) is 4.79 Å². The van der Waals surface area contributed by atoms with Crippen LogP contribution in [0.1, 0.15) is 11.3 Å². The first-order valence-corrected chi connectivity index (χ1v) is 9.81. The number of fused-ring (bicyclic) bond motifs is 1. The molecule has 3 heterocycles. The van der Waals surface area contributed by atoms with E-state index in [0.717, 1.165) is 34.5 Å². The summed E-state index contributed by atoms with van der Waals surface area (Å²) in [5.74, 6) is 0. The van der Waals surface area contributed by atoms with Gasteiger partial charge in [0.05, 0.1) is 12.2 Å². The maximum Gasteiger partial charge on any atom is 0.317 e. The Hall–Kier alpha value is -2.25. The van der Waals surface area contributed by atoms with Gasteiger partial charge in [0.2, 0.25) is 0 Å². The van der Waals surface area contributed by atoms with Crippen molar-refractivity contribution >= 4 is 39.6 Å². The fourth-order valence-electron chi connectivity index (χ4n) is 3.21. The third-order valence-electron chi connectivity index (χ3n) is 4.64. The Labute approximate surface area is 161 Å². The number of carbonyl (C=O) groups is 1. The third-order valence-corrected chi connectivity index (χ3v) is 5.65. The van der Waals surface area contributed by atoms with Crippen LogP contribution in [0.4, 0.5) is 10.5 Å². The summed E-state index contributed by atoms with van der Waals surface area (Å²) in [7, 11) is 0. The molecule has 1 N–H and O–H groups in total. The Bertz CT molecular complexity index is 900. The molecule has 0 saturated carbocycles. The Kier molecular flexibility index (Phi) is 4.74. The van der Waals surface area contributed by atoms with Crippen LogP contribution in [0.25, 0.3) is 4.96 Å². The summed E-state index contributed by atoms with van der Waals surface area (Å²) in [5.41, 5.74) is 3.22. The number of urea groups is 1. The lowest BCUT2D eigenvalue weighted by Crippen LogP contribution is -2.51. The number of anilines is 1. The van der Waals surface area contributed by atoms with Crippen molar-refractivity contribution in [2.24, 2.45) is 0 Å². The van der Waals surface area contributed by atoms with Crippen LogP contribution in [0.5, 0.6) is 0 Å². The number of amides is 2. The van der Waals surface area contributed by atoms with Crippen molar-refractivity contribution in [3.8, 4) is 0 Å². The molecule has 1 aliphatic rings. The molecule has 1 aromatic carbocycles. The quantitative estimate of drug-likeness (QED) is 0.747. The SMILES string of the molecule is Cc1ccc(Cl)cc1N1CCN(C(=O)NCc2cn3ccsc3n2)CC1. The summed E-state index contributed by atoms with van der Waals surface area (Å²) >= 11 is 7.71. The molecule has 2 amide bonds. The first-order valence-electron chi connectivity index (χ1n) is 8.55. The number of hydrogen-bond donors (Lipinski definition) is 1. The van der Waals surface area contributed by atoms with E-state index in [2.05, 4.69) is 22.1 Å². The number of halogens is 1. The van der Waals surface area contributed by atoms with Gasteiger partial charge in [-0.2, -0.15) is 0 Å². The van der Waals surface area contributed by atoms with Crippen molar-refractivity contribution < 1.29 is 4.79 Å². The van der Waals surface area contributed by atoms with E-state index in [1.165, 1.54) is 5.56 Å². The third kappa shape index (κ3) is 3.50. The standard InChI is InChI=1S/C18H20ClN5OS/c1-13-2-3-14(19)10-16(13)22-4-6-23(7-5-22)17(25)20-11-15-12-24-8-9-26-18(24)21-15/h2-3,8-10,12H,4-7,11H2,1H3,(H,20,25). The number of rotatable bonds is 3. The molecule has 0 bridgehead atoms. The van der Waals surface area contributed by atoms with Crippen molar-refractivity contribution in [1.82, 2.24) is 19.6 Å². The largest absolute Gasteiger partial charge is 0.368 e. The molecule has 1 aliphatic heterocycles. The smallest absolute Gasteiger partial charge is 0.317 e. The molecule has 3 aromatic rings. The molecule has 6 nitrogen and oxygen atoms in total. The summed E-state index contributed by atoms with van der Waals surface area (Å²) in [6, 6.07) is 5.90. The highest BCUT2D eigenvalue weighted by molar-refractivity contribution is 7.15. The van der Waals surface area contributed by atoms with Crippen LogP contribution in [-0.2, 0) is 6.54 Å². The Morgan fingerprint density at radius 1 is 1.31 bits per heavy atom. The van der Waals surface area contributed by atoms with Crippen molar-refractivity contribution in [1.29, 1.82) is 0 Å². The van der Waals surface area contributed by atoms with E-state index in [4.69, 9.17) is 11.6 Å². The maximum atomic E-state index is 12.4. The van der Waals surface area contributed by atoms with Crippen molar-refractivity contribution in [3.05, 3.63) is 52.3 Å². The van der Waals surface area contributed by atoms with Gasteiger partial charge in [0, 0.05) is 54.7 Å². The van der Waals surface area contributed by atoms with Gasteiger partial charge in [-0.3, -0.25) is 4.40 Å². The minimum atomic E-state index is -0.0381. The highest BCUT2D eigenvalue weighted by atomic mass is 35.5. The Morgan fingerprint density at radius 2 is 2.12 bits per heavy atom. The van der Waals surface area contributed by atoms with E-state index >= 15 is 0 Å². The molecule has 136 valence electrons. The number of imidazole rings is 1. The first kappa shape index (κ1) is 17.2. The highest BCUT2D eigenvalue weighted by Gasteiger charge is 2.22. The van der Waals surface area contributed by atoms with Crippen molar-refractivity contribution in [3.63, 3.8) is 0 Å². The molecule has 0 unspecified atom stereocenters. The van der Waals surface area contributed by atoms with Crippen molar-refractivity contribution in [2.75, 3.05) is 31.1 Å². The lowest BCUT2D eigenvalue weighted by Gasteiger charge is -2.36. The zero-order valence-electron chi connectivity index (χ0n) is 14.5. The van der Waals surface area contributed by atoms with Crippen LogP contribution >= 0.6 is 22.9 Å². The predicted molar refractivity (Wildman–Crippen MR) is 105 cm³/mol. The summed E-state index contributed by atoms with van der Waals surface area (Å²) in [6.07, 6.45) is 3.92. The number of aromatic nitrogens is 2. The minimum absolute atomic E-state index is 0.0381. The number of thiazole rings is 1. The molecule has 1 saturated heterocycles. The average molecular weight is 390 g/mol. The minimum Gasteiger partial charge on any atom is -0.368 e. The molecule has 0 radical (unpaired) electrons. The van der Waals surface area contributed by atoms with E-state index in [0.29, 0.717) is 19.6 Å². The maximum absolute atomic E-state index is 12.4. The molecule has 26 heavy (non-hydrogen) atoms. The van der Waals surface area contributed by atoms with E-state index < -0.39 is 0 Å². The van der Waals surface area contributed by atoms with Crippen LogP contribution in [-0.4, -0.2) is 46.5 Å². The number of aryl methyl sites for hydroxylation is 1. The zero-order valence-corrected chi connectivity index (χ0v) is 16.1. The molecule has 4 rings (SSSR count). The van der Waals surface area contributed by atoms with Crippen LogP contribution in [0, 0.1) is 6.92 Å². The second kappa shape index (κ2) is 7.17. The normalized spacial score (nSPS) is 14.8. The van der Waals surface area contributed by atoms with Gasteiger partial charge in [-0.25, -0.2) is 9.78 Å². The van der Waals surface area contributed by atoms with Gasteiger partial charge in [-0.15, -0.1) is 11.3 Å². The van der Waals surface area contributed by atoms with Crippen molar-refractivity contribution in [2.45, 2.75) is 13.5 Å². The topological polar surface area (TPSA) is 52.9 Å². The lowest BCUT2D eigenvalue weighted by atomic mass is 10.1. The van der Waals surface area contributed by atoms with Crippen LogP contribution < -0.4 is 10.2 Å². The number of piperazine rings is 1. The molecule has 8 heteroatoms. The van der Waals surface area contributed by atoms with Gasteiger partial charge < -0.3 is 15.1 Å². The van der Waals surface area contributed by atoms with Gasteiger partial charge in [0.15, 0.2) is 4.96 Å². The second-order valence-electron chi connectivity index (χ2n) is 6.39. The molecule has 0 spiro atoms. The number of nitrogens with zero attached hydrogens (tertiary/aromatic N) is 4. The highest BCUT2D eigenvalue weighted by Crippen LogP contribution is 2.25. The van der Waals surface area contributed by atoms with E-state index in [-0.39, 0.29) is 6.03 Å². The average Bonchev–Trinajstić information content (AvgIpc) is 3.23. The monoisotopic (exact) mass is 389 g/mol. The van der Waals surface area contributed by atoms with Gasteiger partial charge in [-0.1, -0.05) is 17.7 Å². The van der Waals surface area contributed by atoms with E-state index in [1.807, 2.05) is 45.3 Å². The van der Waals surface area contributed by atoms with E-state index in [1.54, 1.807) is 11.3 Å². The summed E-state index contributed by atoms with van der Waals surface area (Å²) in [5, 5.41) is 5.70. The molecule has 0 atom stereocenters. The molecule has 2 aromatic heterocycles. The van der Waals surface area contributed by atoms with Gasteiger partial charge in [-0.05, 0) is 24.6 Å². The predicted octanol–water partition coefficient (Wildman–Crippen LogP) is 3.39. The lowest BCUT2D eigenvalue weighted by molar-refractivity contribution is 0.194. The molecular formula is C18H20ClN5OS. The summed E-state index contributed by atoms with van der Waals surface area (Å²) in [4.78, 5) is 22.0. The zero-order chi connectivity index (χ0) is 18.1. The van der Waals surface area contributed by atoms with Gasteiger partial charge in [0.25, 0.3) is 0 Å². The Balaban J connectivity index is 1.31. The summed E-state index contributed by atoms with van der Waals surface area (Å²) in [6.45, 7) is 5.51. The number of benzene rings is 1. The first-order chi connectivity index (χ1) is 12.6. The summed E-state index contributed by atoms with van der Waals surface area (Å²) < 4.78 is 1.97. The number of nitrogens with one attached hydrogen (secondary N) is 1. The molecule has 0 aliphatic carbocycles. The number of hydrogen-bond acceptors (Lipinski definition) is 4. The molecule has 1 fully saturated rings. The fourth-order valence-corrected chi connectivity index (χ4v) is 4.10. The fraction of sp³-hybridized carbons (Fsp3) is 0.333. The van der Waals surface area contributed by atoms with Gasteiger partial charge >= 0.3 is 6.03 Å². The Morgan fingerprint density at radius 3 is 2.88 bits per heavy atom. The van der Waals surface area contributed by atoms with Crippen LogP contribution in [0.3, 0.4) is 0 Å². The van der Waals surface area contributed by atoms with Crippen LogP contribution in [0.15, 0.2) is 36.0 Å².